The summed E-state index contributed by atoms with van der Waals surface area (Å²) in [7, 11) is -3.23. The minimum Gasteiger partial charge on any atom is -0.395 e. The average Bonchev–Trinajstić information content (AvgIpc) is 2.35. The third-order valence-corrected chi connectivity index (χ3v) is 5.93. The number of nitrogens with one attached hydrogen (secondary N) is 1. The van der Waals surface area contributed by atoms with Crippen LogP contribution in [-0.4, -0.2) is 80.4 Å². The smallest absolute Gasteiger partial charge is 0.215 e. The van der Waals surface area contributed by atoms with Gasteiger partial charge in [-0.3, -0.25) is 4.90 Å². The molecule has 112 valence electrons. The van der Waals surface area contributed by atoms with Crippen LogP contribution in [0.5, 0.6) is 0 Å². The van der Waals surface area contributed by atoms with E-state index in [9.17, 15) is 8.42 Å². The third-order valence-electron chi connectivity index (χ3n) is 4.03. The van der Waals surface area contributed by atoms with Gasteiger partial charge in [-0.2, -0.15) is 4.31 Å². The molecule has 6 nitrogen and oxygen atoms in total. The topological polar surface area (TPSA) is 72.9 Å². The van der Waals surface area contributed by atoms with Crippen molar-refractivity contribution < 1.29 is 13.5 Å². The number of hydrogen-bond donors (Lipinski definition) is 2. The number of aliphatic hydroxyl groups is 1. The maximum absolute atomic E-state index is 12.4. The molecule has 0 spiro atoms. The van der Waals surface area contributed by atoms with Gasteiger partial charge in [-0.05, 0) is 12.8 Å². The van der Waals surface area contributed by atoms with Gasteiger partial charge in [0.15, 0.2) is 0 Å². The highest BCUT2D eigenvalue weighted by Gasteiger charge is 2.33. The number of piperazine rings is 1. The van der Waals surface area contributed by atoms with Gasteiger partial charge in [0.2, 0.25) is 10.0 Å². The molecular weight excluding hydrogens is 266 g/mol. The van der Waals surface area contributed by atoms with E-state index in [1.165, 1.54) is 4.31 Å². The Kier molecular flexibility index (Phi) is 5.58. The maximum Gasteiger partial charge on any atom is 0.215 e. The van der Waals surface area contributed by atoms with Crippen molar-refractivity contribution >= 4 is 10.0 Å². The molecule has 0 amide bonds. The van der Waals surface area contributed by atoms with Crippen LogP contribution in [0.1, 0.15) is 19.3 Å². The minimum atomic E-state index is -3.23. The quantitative estimate of drug-likeness (QED) is 0.634. The second-order valence-corrected chi connectivity index (χ2v) is 7.37. The van der Waals surface area contributed by atoms with E-state index >= 15 is 0 Å². The number of sulfonamides is 1. The van der Waals surface area contributed by atoms with Gasteiger partial charge in [0, 0.05) is 45.3 Å². The molecule has 2 N–H and O–H groups in total. The van der Waals surface area contributed by atoms with E-state index in [1.807, 2.05) is 0 Å². The van der Waals surface area contributed by atoms with Crippen LogP contribution in [0.3, 0.4) is 0 Å². The van der Waals surface area contributed by atoms with Gasteiger partial charge in [0.25, 0.3) is 0 Å². The second-order valence-electron chi connectivity index (χ2n) is 5.33. The Morgan fingerprint density at radius 2 is 1.95 bits per heavy atom. The lowest BCUT2D eigenvalue weighted by Gasteiger charge is -2.37. The Bertz CT molecular complexity index is 364. The monoisotopic (exact) mass is 291 g/mol. The number of nitrogens with zero attached hydrogens (tertiary/aromatic N) is 2. The van der Waals surface area contributed by atoms with Crippen molar-refractivity contribution in [2.75, 3.05) is 51.6 Å². The zero-order chi connectivity index (χ0) is 13.7. The summed E-state index contributed by atoms with van der Waals surface area (Å²) in [5.41, 5.74) is 0. The number of aliphatic hydroxyl groups excluding tert-OH is 1. The predicted octanol–water partition coefficient (Wildman–Crippen LogP) is -0.932. The summed E-state index contributed by atoms with van der Waals surface area (Å²) >= 11 is 0. The lowest BCUT2D eigenvalue weighted by atomic mass is 9.93. The Morgan fingerprint density at radius 1 is 1.26 bits per heavy atom. The second kappa shape index (κ2) is 6.99. The van der Waals surface area contributed by atoms with Crippen molar-refractivity contribution in [1.82, 2.24) is 14.5 Å². The highest BCUT2D eigenvalue weighted by atomic mass is 32.2. The maximum atomic E-state index is 12.4. The summed E-state index contributed by atoms with van der Waals surface area (Å²) in [6, 6.07) is 0.125. The van der Waals surface area contributed by atoms with Crippen molar-refractivity contribution in [3.05, 3.63) is 0 Å². The summed E-state index contributed by atoms with van der Waals surface area (Å²) in [5.74, 6) is 0.170. The standard InChI is InChI=1S/C12H25N3O3S/c16-10-8-15(12-2-1-3-12)19(17,18)11-9-14-6-4-13-5-7-14/h12-13,16H,1-11H2. The highest BCUT2D eigenvalue weighted by Crippen LogP contribution is 2.26. The third kappa shape index (κ3) is 4.13. The Labute approximate surface area is 115 Å². The van der Waals surface area contributed by atoms with Crippen LogP contribution in [0, 0.1) is 0 Å². The first-order chi connectivity index (χ1) is 9.13. The van der Waals surface area contributed by atoms with Gasteiger partial charge in [-0.1, -0.05) is 6.42 Å². The summed E-state index contributed by atoms with van der Waals surface area (Å²) in [6.07, 6.45) is 2.97. The zero-order valence-electron chi connectivity index (χ0n) is 11.4. The fraction of sp³-hybridized carbons (Fsp3) is 1.00. The lowest BCUT2D eigenvalue weighted by molar-refractivity contribution is 0.177. The molecule has 1 saturated heterocycles. The fourth-order valence-corrected chi connectivity index (χ4v) is 4.37. The van der Waals surface area contributed by atoms with E-state index in [1.54, 1.807) is 0 Å². The van der Waals surface area contributed by atoms with Crippen molar-refractivity contribution in [2.24, 2.45) is 0 Å². The molecule has 0 bridgehead atoms. The largest absolute Gasteiger partial charge is 0.395 e. The van der Waals surface area contributed by atoms with E-state index in [-0.39, 0.29) is 24.9 Å². The van der Waals surface area contributed by atoms with E-state index in [0.29, 0.717) is 6.54 Å². The first-order valence-electron chi connectivity index (χ1n) is 7.17. The normalized spacial score (nSPS) is 22.6. The molecule has 0 aromatic carbocycles. The van der Waals surface area contributed by atoms with Crippen LogP contribution < -0.4 is 5.32 Å². The van der Waals surface area contributed by atoms with Crippen LogP contribution >= 0.6 is 0 Å². The molecule has 0 aromatic rings. The molecule has 2 aliphatic rings. The van der Waals surface area contributed by atoms with Crippen LogP contribution in [0.15, 0.2) is 0 Å². The van der Waals surface area contributed by atoms with Gasteiger partial charge < -0.3 is 10.4 Å². The molecule has 0 aromatic heterocycles. The SMILES string of the molecule is O=S(=O)(CCN1CCNCC1)N(CCO)C1CCC1. The molecule has 1 aliphatic carbocycles. The van der Waals surface area contributed by atoms with Crippen molar-refractivity contribution in [3.8, 4) is 0 Å². The van der Waals surface area contributed by atoms with Crippen molar-refractivity contribution in [3.63, 3.8) is 0 Å². The van der Waals surface area contributed by atoms with E-state index in [0.717, 1.165) is 45.4 Å². The zero-order valence-corrected chi connectivity index (χ0v) is 12.2. The van der Waals surface area contributed by atoms with Crippen LogP contribution in [0.25, 0.3) is 0 Å². The molecule has 2 fully saturated rings. The van der Waals surface area contributed by atoms with Gasteiger partial charge in [0.1, 0.15) is 0 Å². The number of hydrogen-bond acceptors (Lipinski definition) is 5. The van der Waals surface area contributed by atoms with Gasteiger partial charge in [-0.15, -0.1) is 0 Å². The summed E-state index contributed by atoms with van der Waals surface area (Å²) in [6.45, 7) is 4.44. The summed E-state index contributed by atoms with van der Waals surface area (Å²) in [5, 5.41) is 12.3. The Morgan fingerprint density at radius 3 is 2.47 bits per heavy atom. The average molecular weight is 291 g/mol. The predicted molar refractivity (Wildman–Crippen MR) is 74.5 cm³/mol. The Balaban J connectivity index is 1.87. The van der Waals surface area contributed by atoms with Gasteiger partial charge in [0.05, 0.1) is 12.4 Å². The molecular formula is C12H25N3O3S. The van der Waals surface area contributed by atoms with E-state index < -0.39 is 10.0 Å². The summed E-state index contributed by atoms with van der Waals surface area (Å²) in [4.78, 5) is 2.19. The van der Waals surface area contributed by atoms with Gasteiger partial charge >= 0.3 is 0 Å². The minimum absolute atomic E-state index is 0.0939. The molecule has 0 unspecified atom stereocenters. The fourth-order valence-electron chi connectivity index (χ4n) is 2.62. The lowest BCUT2D eigenvalue weighted by Crippen LogP contribution is -2.49. The van der Waals surface area contributed by atoms with E-state index in [4.69, 9.17) is 5.11 Å². The molecule has 2 rings (SSSR count). The van der Waals surface area contributed by atoms with Crippen LogP contribution in [0.4, 0.5) is 0 Å². The summed E-state index contributed by atoms with van der Waals surface area (Å²) < 4.78 is 26.3. The van der Waals surface area contributed by atoms with Crippen LogP contribution in [0.2, 0.25) is 0 Å². The van der Waals surface area contributed by atoms with Crippen molar-refractivity contribution in [1.29, 1.82) is 0 Å². The first-order valence-corrected chi connectivity index (χ1v) is 8.78. The molecule has 1 heterocycles. The highest BCUT2D eigenvalue weighted by molar-refractivity contribution is 7.89. The first kappa shape index (κ1) is 15.2. The molecule has 19 heavy (non-hydrogen) atoms. The number of rotatable bonds is 7. The van der Waals surface area contributed by atoms with Crippen LogP contribution in [-0.2, 0) is 10.0 Å². The molecule has 0 atom stereocenters. The molecule has 1 aliphatic heterocycles. The molecule has 0 radical (unpaired) electrons. The molecule has 7 heteroatoms. The van der Waals surface area contributed by atoms with E-state index in [2.05, 4.69) is 10.2 Å². The van der Waals surface area contributed by atoms with Crippen molar-refractivity contribution in [2.45, 2.75) is 25.3 Å². The van der Waals surface area contributed by atoms with Gasteiger partial charge in [-0.25, -0.2) is 8.42 Å². The Hall–Kier alpha value is -0.210. The molecule has 1 saturated carbocycles.